The summed E-state index contributed by atoms with van der Waals surface area (Å²) in [7, 11) is 0. The molecule has 4 heteroatoms. The van der Waals surface area contributed by atoms with Gasteiger partial charge in [0.15, 0.2) is 0 Å². The van der Waals surface area contributed by atoms with E-state index in [4.69, 9.17) is 17.3 Å². The second-order valence-corrected chi connectivity index (χ2v) is 3.77. The fourth-order valence-electron chi connectivity index (χ4n) is 1.03. The topological polar surface area (TPSA) is 26.0 Å². The van der Waals surface area contributed by atoms with Crippen molar-refractivity contribution in [3.63, 3.8) is 0 Å². The van der Waals surface area contributed by atoms with E-state index in [1.54, 1.807) is 11.4 Å². The molecule has 1 nitrogen and oxygen atoms in total. The van der Waals surface area contributed by atoms with Gasteiger partial charge >= 0.3 is 0 Å². The Morgan fingerprint density at radius 1 is 1.42 bits per heavy atom. The second-order valence-electron chi connectivity index (χ2n) is 2.45. The summed E-state index contributed by atoms with van der Waals surface area (Å²) in [6.07, 6.45) is 0. The summed E-state index contributed by atoms with van der Waals surface area (Å²) in [5, 5.41) is 3.22. The third-order valence-electron chi connectivity index (χ3n) is 1.65. The number of hydrogen-bond acceptors (Lipinski definition) is 2. The van der Waals surface area contributed by atoms with Gasteiger partial charge in [0.05, 0.1) is 10.7 Å². The SMILES string of the molecule is Nc1cc2c(Cl)csc2cc1F. The van der Waals surface area contributed by atoms with Crippen molar-refractivity contribution >= 4 is 38.7 Å². The molecule has 12 heavy (non-hydrogen) atoms. The lowest BCUT2D eigenvalue weighted by atomic mass is 10.2. The van der Waals surface area contributed by atoms with Gasteiger partial charge in [-0.2, -0.15) is 0 Å². The van der Waals surface area contributed by atoms with E-state index in [0.29, 0.717) is 5.02 Å². The van der Waals surface area contributed by atoms with Crippen molar-refractivity contribution < 1.29 is 4.39 Å². The number of fused-ring (bicyclic) bond motifs is 1. The zero-order valence-corrected chi connectivity index (χ0v) is 7.55. The number of nitrogen functional groups attached to an aromatic ring is 1. The molecule has 0 radical (unpaired) electrons. The highest BCUT2D eigenvalue weighted by Crippen LogP contribution is 2.32. The van der Waals surface area contributed by atoms with Crippen molar-refractivity contribution in [2.45, 2.75) is 0 Å². The third-order valence-corrected chi connectivity index (χ3v) is 3.03. The zero-order chi connectivity index (χ0) is 8.72. The number of halogens is 2. The summed E-state index contributed by atoms with van der Waals surface area (Å²) in [6, 6.07) is 2.96. The highest BCUT2D eigenvalue weighted by molar-refractivity contribution is 7.17. The van der Waals surface area contributed by atoms with Gasteiger partial charge in [-0.1, -0.05) is 11.6 Å². The molecule has 0 unspecified atom stereocenters. The summed E-state index contributed by atoms with van der Waals surface area (Å²) >= 11 is 7.24. The monoisotopic (exact) mass is 201 g/mol. The smallest absolute Gasteiger partial charge is 0.147 e. The Hall–Kier alpha value is -0.800. The number of benzene rings is 1. The van der Waals surface area contributed by atoms with E-state index in [9.17, 15) is 4.39 Å². The molecular formula is C8H5ClFNS. The van der Waals surface area contributed by atoms with Crippen LogP contribution in [0.3, 0.4) is 0 Å². The lowest BCUT2D eigenvalue weighted by Gasteiger charge is -1.95. The third kappa shape index (κ3) is 1.06. The fraction of sp³-hybridized carbons (Fsp3) is 0. The Labute approximate surface area is 77.6 Å². The van der Waals surface area contributed by atoms with Gasteiger partial charge in [-0.3, -0.25) is 0 Å². The van der Waals surface area contributed by atoms with Gasteiger partial charge in [0, 0.05) is 15.5 Å². The van der Waals surface area contributed by atoms with Crippen LogP contribution >= 0.6 is 22.9 Å². The molecule has 1 heterocycles. The minimum Gasteiger partial charge on any atom is -0.396 e. The molecule has 0 atom stereocenters. The second kappa shape index (κ2) is 2.61. The molecule has 0 aliphatic rings. The molecule has 0 fully saturated rings. The Balaban J connectivity index is 2.87. The number of nitrogens with two attached hydrogens (primary N) is 1. The summed E-state index contributed by atoms with van der Waals surface area (Å²) in [6.45, 7) is 0. The molecule has 62 valence electrons. The molecule has 0 aliphatic heterocycles. The Morgan fingerprint density at radius 2 is 2.17 bits per heavy atom. The maximum absolute atomic E-state index is 12.9. The molecule has 0 saturated heterocycles. The van der Waals surface area contributed by atoms with Gasteiger partial charge in [0.1, 0.15) is 5.82 Å². The van der Waals surface area contributed by atoms with Crippen molar-refractivity contribution in [3.05, 3.63) is 28.4 Å². The summed E-state index contributed by atoms with van der Waals surface area (Å²) in [5.74, 6) is -0.388. The first-order chi connectivity index (χ1) is 5.68. The number of hydrogen-bond donors (Lipinski definition) is 1. The van der Waals surface area contributed by atoms with Crippen LogP contribution in [0.1, 0.15) is 0 Å². The van der Waals surface area contributed by atoms with E-state index in [-0.39, 0.29) is 11.5 Å². The van der Waals surface area contributed by atoms with Crippen LogP contribution in [0.4, 0.5) is 10.1 Å². The Kier molecular flexibility index (Phi) is 1.70. The summed E-state index contributed by atoms with van der Waals surface area (Å²) in [5.41, 5.74) is 5.53. The molecule has 2 rings (SSSR count). The fourth-order valence-corrected chi connectivity index (χ4v) is 2.21. The largest absolute Gasteiger partial charge is 0.396 e. The molecule has 0 aliphatic carbocycles. The number of thiophene rings is 1. The molecule has 0 spiro atoms. The van der Waals surface area contributed by atoms with Crippen molar-refractivity contribution in [3.8, 4) is 0 Å². The average molecular weight is 202 g/mol. The number of anilines is 1. The first-order valence-corrected chi connectivity index (χ1v) is 4.56. The van der Waals surface area contributed by atoms with Crippen molar-refractivity contribution in [1.29, 1.82) is 0 Å². The maximum Gasteiger partial charge on any atom is 0.147 e. The highest BCUT2D eigenvalue weighted by Gasteiger charge is 2.05. The van der Waals surface area contributed by atoms with E-state index in [1.165, 1.54) is 17.4 Å². The van der Waals surface area contributed by atoms with Gasteiger partial charge in [0.25, 0.3) is 0 Å². The van der Waals surface area contributed by atoms with Crippen LogP contribution in [0, 0.1) is 5.82 Å². The minimum absolute atomic E-state index is 0.141. The molecule has 1 aromatic heterocycles. The van der Waals surface area contributed by atoms with Crippen LogP contribution < -0.4 is 5.73 Å². The predicted octanol–water partition coefficient (Wildman–Crippen LogP) is 3.28. The van der Waals surface area contributed by atoms with Gasteiger partial charge in [-0.15, -0.1) is 11.3 Å². The first kappa shape index (κ1) is 7.83. The van der Waals surface area contributed by atoms with Crippen molar-refractivity contribution in [2.24, 2.45) is 0 Å². The van der Waals surface area contributed by atoms with Crippen LogP contribution in [0.5, 0.6) is 0 Å². The van der Waals surface area contributed by atoms with Gasteiger partial charge in [0.2, 0.25) is 0 Å². The van der Waals surface area contributed by atoms with E-state index < -0.39 is 0 Å². The highest BCUT2D eigenvalue weighted by atomic mass is 35.5. The predicted molar refractivity (Wildman–Crippen MR) is 51.2 cm³/mol. The van der Waals surface area contributed by atoms with E-state index in [2.05, 4.69) is 0 Å². The standard InChI is InChI=1S/C8H5ClFNS/c9-5-3-12-8-2-6(10)7(11)1-4(5)8/h1-3H,11H2. The van der Waals surface area contributed by atoms with Crippen LogP contribution in [-0.4, -0.2) is 0 Å². The summed E-state index contributed by atoms with van der Waals surface area (Å²) in [4.78, 5) is 0. The van der Waals surface area contributed by atoms with E-state index in [0.717, 1.165) is 10.1 Å². The van der Waals surface area contributed by atoms with Gasteiger partial charge in [-0.05, 0) is 12.1 Å². The molecular weight excluding hydrogens is 197 g/mol. The molecule has 2 N–H and O–H groups in total. The van der Waals surface area contributed by atoms with Crippen LogP contribution in [0.25, 0.3) is 10.1 Å². The molecule has 2 aromatic rings. The molecule has 0 saturated carbocycles. The maximum atomic E-state index is 12.9. The van der Waals surface area contributed by atoms with Crippen LogP contribution in [0.2, 0.25) is 5.02 Å². The molecule has 0 bridgehead atoms. The van der Waals surface area contributed by atoms with Crippen molar-refractivity contribution in [1.82, 2.24) is 0 Å². The lowest BCUT2D eigenvalue weighted by Crippen LogP contribution is -1.88. The zero-order valence-electron chi connectivity index (χ0n) is 5.97. The van der Waals surface area contributed by atoms with Crippen LogP contribution in [-0.2, 0) is 0 Å². The Bertz CT molecular complexity index is 438. The first-order valence-electron chi connectivity index (χ1n) is 3.30. The quantitative estimate of drug-likeness (QED) is 0.651. The van der Waals surface area contributed by atoms with Crippen molar-refractivity contribution in [2.75, 3.05) is 5.73 Å². The van der Waals surface area contributed by atoms with E-state index in [1.807, 2.05) is 0 Å². The lowest BCUT2D eigenvalue weighted by molar-refractivity contribution is 0.634. The van der Waals surface area contributed by atoms with Gasteiger partial charge in [-0.25, -0.2) is 4.39 Å². The van der Waals surface area contributed by atoms with Gasteiger partial charge < -0.3 is 5.73 Å². The van der Waals surface area contributed by atoms with E-state index >= 15 is 0 Å². The van der Waals surface area contributed by atoms with Crippen LogP contribution in [0.15, 0.2) is 17.5 Å². The summed E-state index contributed by atoms with van der Waals surface area (Å²) < 4.78 is 13.7. The Morgan fingerprint density at radius 3 is 2.92 bits per heavy atom. The molecule has 1 aromatic carbocycles. The normalized spacial score (nSPS) is 10.8. The molecule has 0 amide bonds. The average Bonchev–Trinajstić information content (AvgIpc) is 2.35. The minimum atomic E-state index is -0.388. The number of rotatable bonds is 0.